The van der Waals surface area contributed by atoms with Gasteiger partial charge in [0.15, 0.2) is 0 Å². The quantitative estimate of drug-likeness (QED) is 0.130. The van der Waals surface area contributed by atoms with Crippen LogP contribution in [0.4, 0.5) is 5.69 Å². The lowest BCUT2D eigenvalue weighted by atomic mass is 10.1. The van der Waals surface area contributed by atoms with Gasteiger partial charge >= 0.3 is 0 Å². The maximum Gasteiger partial charge on any atom is 0.258 e. The molecule has 206 valence electrons. The zero-order chi connectivity index (χ0) is 27.9. The van der Waals surface area contributed by atoms with Crippen LogP contribution in [0.25, 0.3) is 22.2 Å². The summed E-state index contributed by atoms with van der Waals surface area (Å²) < 4.78 is 1.68. The van der Waals surface area contributed by atoms with Gasteiger partial charge in [-0.25, -0.2) is 0 Å². The van der Waals surface area contributed by atoms with E-state index in [1.165, 1.54) is 12.4 Å². The summed E-state index contributed by atoms with van der Waals surface area (Å²) in [4.78, 5) is 31.6. The number of nitrogens with zero attached hydrogens (tertiary/aromatic N) is 2. The highest BCUT2D eigenvalue weighted by Crippen LogP contribution is 2.24. The van der Waals surface area contributed by atoms with E-state index in [0.717, 1.165) is 35.1 Å². The molecule has 0 saturated carbocycles. The van der Waals surface area contributed by atoms with E-state index in [1.807, 2.05) is 42.5 Å². The number of aliphatic hydroxyl groups excluding tert-OH is 1. The van der Waals surface area contributed by atoms with Crippen LogP contribution in [-0.2, 0) is 13.1 Å². The number of halogens is 1. The predicted octanol–water partition coefficient (Wildman–Crippen LogP) is 3.35. The van der Waals surface area contributed by atoms with Crippen molar-refractivity contribution in [2.45, 2.75) is 13.1 Å². The normalized spacial score (nSPS) is 11.2. The van der Waals surface area contributed by atoms with Gasteiger partial charge in [0.1, 0.15) is 0 Å². The van der Waals surface area contributed by atoms with Crippen LogP contribution < -0.4 is 21.5 Å². The standard InChI is InChI=1S/C29H30ClN7O3/c30-23-4-1-19(2-5-23)17-37-18-22(15-34-37)28(39)35-24-13-25(29(40)33-16-24)27-12-21-11-20(3-6-26(21)36-27)14-32-8-7-31-9-10-38/h1-6,11-13,15-16,18,31-32,36,38H,7-10,14,17H2,(H,33,40)(H,35,39). The number of pyridine rings is 1. The van der Waals surface area contributed by atoms with Crippen LogP contribution in [0.2, 0.25) is 5.02 Å². The minimum atomic E-state index is -0.333. The van der Waals surface area contributed by atoms with E-state index in [-0.39, 0.29) is 18.1 Å². The van der Waals surface area contributed by atoms with Crippen molar-refractivity contribution >= 4 is 34.1 Å². The number of H-pyrrole nitrogens is 2. The first kappa shape index (κ1) is 27.4. The number of amides is 1. The molecule has 6 N–H and O–H groups in total. The van der Waals surface area contributed by atoms with Crippen molar-refractivity contribution in [3.05, 3.63) is 105 Å². The molecule has 0 aliphatic heterocycles. The van der Waals surface area contributed by atoms with Gasteiger partial charge in [0.2, 0.25) is 0 Å². The highest BCUT2D eigenvalue weighted by atomic mass is 35.5. The Balaban J connectivity index is 1.25. The number of aromatic nitrogens is 4. The Kier molecular flexibility index (Phi) is 8.72. The van der Waals surface area contributed by atoms with Crippen LogP contribution in [-0.4, -0.2) is 57.0 Å². The lowest BCUT2D eigenvalue weighted by Crippen LogP contribution is -2.28. The van der Waals surface area contributed by atoms with E-state index < -0.39 is 0 Å². The molecule has 3 heterocycles. The molecule has 0 fully saturated rings. The van der Waals surface area contributed by atoms with Crippen LogP contribution >= 0.6 is 11.6 Å². The van der Waals surface area contributed by atoms with Crippen LogP contribution in [0.5, 0.6) is 0 Å². The molecule has 0 atom stereocenters. The summed E-state index contributed by atoms with van der Waals surface area (Å²) in [5.41, 5.74) is 4.71. The summed E-state index contributed by atoms with van der Waals surface area (Å²) in [5.74, 6) is -0.333. The van der Waals surface area contributed by atoms with Crippen molar-refractivity contribution in [3.8, 4) is 11.3 Å². The summed E-state index contributed by atoms with van der Waals surface area (Å²) in [6, 6.07) is 17.1. The summed E-state index contributed by atoms with van der Waals surface area (Å²) in [7, 11) is 0. The Morgan fingerprint density at radius 1 is 1.00 bits per heavy atom. The van der Waals surface area contributed by atoms with E-state index in [4.69, 9.17) is 16.7 Å². The third-order valence-electron chi connectivity index (χ3n) is 6.39. The van der Waals surface area contributed by atoms with Gasteiger partial charge in [-0.15, -0.1) is 0 Å². The number of rotatable bonds is 12. The summed E-state index contributed by atoms with van der Waals surface area (Å²) in [6.07, 6.45) is 4.66. The van der Waals surface area contributed by atoms with Gasteiger partial charge in [-0.05, 0) is 47.5 Å². The topological polar surface area (TPSA) is 140 Å². The number of carbonyl (C=O) groups is 1. The van der Waals surface area contributed by atoms with E-state index in [0.29, 0.717) is 47.2 Å². The van der Waals surface area contributed by atoms with Gasteiger partial charge < -0.3 is 31.0 Å². The molecule has 0 saturated heterocycles. The maximum atomic E-state index is 12.9. The van der Waals surface area contributed by atoms with Gasteiger partial charge in [-0.1, -0.05) is 29.8 Å². The molecule has 5 aromatic rings. The SMILES string of the molecule is O=C(Nc1c[nH]c(=O)c(-c2cc3cc(CNCCNCCO)ccc3[nH]2)c1)c1cnn(Cc2ccc(Cl)cc2)c1. The largest absolute Gasteiger partial charge is 0.395 e. The van der Waals surface area contributed by atoms with Crippen LogP contribution in [0, 0.1) is 0 Å². The first-order chi connectivity index (χ1) is 19.5. The van der Waals surface area contributed by atoms with E-state index in [1.54, 1.807) is 16.9 Å². The fraction of sp³-hybridized carbons (Fsp3) is 0.207. The molecule has 2 aromatic carbocycles. The fourth-order valence-corrected chi connectivity index (χ4v) is 4.48. The molecule has 0 unspecified atom stereocenters. The van der Waals surface area contributed by atoms with Crippen LogP contribution in [0.1, 0.15) is 21.5 Å². The molecule has 0 aliphatic rings. The number of hydrogen-bond donors (Lipinski definition) is 6. The highest BCUT2D eigenvalue weighted by molar-refractivity contribution is 6.30. The predicted molar refractivity (Wildman–Crippen MR) is 157 cm³/mol. The summed E-state index contributed by atoms with van der Waals surface area (Å²) in [5, 5.41) is 24.1. The minimum Gasteiger partial charge on any atom is -0.395 e. The monoisotopic (exact) mass is 559 g/mol. The Hall–Kier alpha value is -4.22. The van der Waals surface area contributed by atoms with Crippen molar-refractivity contribution in [3.63, 3.8) is 0 Å². The van der Waals surface area contributed by atoms with E-state index >= 15 is 0 Å². The average molecular weight is 560 g/mol. The molecule has 10 nitrogen and oxygen atoms in total. The summed E-state index contributed by atoms with van der Waals surface area (Å²) in [6.45, 7) is 3.48. The number of aliphatic hydroxyl groups is 1. The molecule has 0 aliphatic carbocycles. The second-order valence-corrected chi connectivity index (χ2v) is 9.83. The second-order valence-electron chi connectivity index (χ2n) is 9.39. The molecule has 5 rings (SSSR count). The van der Waals surface area contributed by atoms with Crippen LogP contribution in [0.3, 0.4) is 0 Å². The molecule has 11 heteroatoms. The molecule has 0 bridgehead atoms. The van der Waals surface area contributed by atoms with Gasteiger partial charge in [0, 0.05) is 54.5 Å². The number of fused-ring (bicyclic) bond motifs is 1. The average Bonchev–Trinajstić information content (AvgIpc) is 3.60. The lowest BCUT2D eigenvalue weighted by molar-refractivity contribution is 0.102. The Bertz CT molecular complexity index is 1660. The van der Waals surface area contributed by atoms with Gasteiger partial charge in [-0.2, -0.15) is 5.10 Å². The van der Waals surface area contributed by atoms with Crippen molar-refractivity contribution in [2.24, 2.45) is 0 Å². The Morgan fingerprint density at radius 2 is 1.80 bits per heavy atom. The molecular formula is C29H30ClN7O3. The molecule has 3 aromatic heterocycles. The Morgan fingerprint density at radius 3 is 2.62 bits per heavy atom. The zero-order valence-electron chi connectivity index (χ0n) is 21.7. The van der Waals surface area contributed by atoms with Crippen molar-refractivity contribution < 1.29 is 9.90 Å². The first-order valence-corrected chi connectivity index (χ1v) is 13.3. The molecule has 1 amide bonds. The Labute approximate surface area is 235 Å². The van der Waals surface area contributed by atoms with Gasteiger partial charge in [0.25, 0.3) is 11.5 Å². The van der Waals surface area contributed by atoms with E-state index in [2.05, 4.69) is 37.1 Å². The minimum absolute atomic E-state index is 0.127. The number of benzene rings is 2. The molecule has 0 spiro atoms. The van der Waals surface area contributed by atoms with Crippen molar-refractivity contribution in [1.29, 1.82) is 0 Å². The second kappa shape index (κ2) is 12.8. The fourth-order valence-electron chi connectivity index (χ4n) is 4.35. The van der Waals surface area contributed by atoms with Gasteiger partial charge in [0.05, 0.1) is 41.9 Å². The highest BCUT2D eigenvalue weighted by Gasteiger charge is 2.13. The number of aromatic amines is 2. The van der Waals surface area contributed by atoms with Crippen molar-refractivity contribution in [1.82, 2.24) is 30.4 Å². The first-order valence-electron chi connectivity index (χ1n) is 12.9. The number of carbonyl (C=O) groups excluding carboxylic acids is 1. The van der Waals surface area contributed by atoms with Crippen molar-refractivity contribution in [2.75, 3.05) is 31.6 Å². The molecular weight excluding hydrogens is 530 g/mol. The maximum absolute atomic E-state index is 12.9. The number of nitrogens with one attached hydrogen (secondary N) is 5. The third-order valence-corrected chi connectivity index (χ3v) is 6.64. The van der Waals surface area contributed by atoms with E-state index in [9.17, 15) is 9.59 Å². The number of hydrogen-bond acceptors (Lipinski definition) is 6. The zero-order valence-corrected chi connectivity index (χ0v) is 22.5. The smallest absolute Gasteiger partial charge is 0.258 e. The summed E-state index contributed by atoms with van der Waals surface area (Å²) >= 11 is 5.95. The van der Waals surface area contributed by atoms with Crippen LogP contribution in [0.15, 0.2) is 78.0 Å². The lowest BCUT2D eigenvalue weighted by Gasteiger charge is -2.06. The molecule has 40 heavy (non-hydrogen) atoms. The van der Waals surface area contributed by atoms with Gasteiger partial charge in [-0.3, -0.25) is 14.3 Å². The molecule has 0 radical (unpaired) electrons. The third kappa shape index (κ3) is 6.85. The number of anilines is 1.